The maximum atomic E-state index is 13.5. The molecule has 0 aliphatic carbocycles. The molecule has 1 aliphatic heterocycles. The van der Waals surface area contributed by atoms with E-state index >= 15 is 0 Å². The molecule has 2 heterocycles. The first kappa shape index (κ1) is 45.1. The third-order valence-corrected chi connectivity index (χ3v) is 11.7. The van der Waals surface area contributed by atoms with Crippen LogP contribution in [0.4, 0.5) is 11.5 Å². The molecule has 0 radical (unpaired) electrons. The molecular formula is C47H55N9O5S. The number of amides is 2. The number of aromatic nitrogens is 2. The van der Waals surface area contributed by atoms with Crippen LogP contribution in [0.1, 0.15) is 83.8 Å². The summed E-state index contributed by atoms with van der Waals surface area (Å²) in [5.74, 6) is 0.659. The van der Waals surface area contributed by atoms with E-state index in [1.54, 1.807) is 70.1 Å². The largest absolute Gasteiger partial charge is 0.497 e. The highest BCUT2D eigenvalue weighted by molar-refractivity contribution is 8.00. The van der Waals surface area contributed by atoms with Crippen molar-refractivity contribution in [3.8, 4) is 5.75 Å². The number of hydrogen-bond acceptors (Lipinski definition) is 13. The van der Waals surface area contributed by atoms with Gasteiger partial charge in [0.1, 0.15) is 29.3 Å². The molecule has 1 aromatic heterocycles. The number of guanidine groups is 1. The molecule has 14 nitrogen and oxygen atoms in total. The Morgan fingerprint density at radius 2 is 1.56 bits per heavy atom. The predicted octanol–water partition coefficient (Wildman–Crippen LogP) is 6.19. The summed E-state index contributed by atoms with van der Waals surface area (Å²) in [6, 6.07) is 32.9. The van der Waals surface area contributed by atoms with Crippen LogP contribution in [-0.4, -0.2) is 71.8 Å². The number of aliphatic imine (C=N–C) groups is 1. The van der Waals surface area contributed by atoms with E-state index in [-0.39, 0.29) is 24.7 Å². The van der Waals surface area contributed by atoms with Crippen LogP contribution in [0.5, 0.6) is 5.75 Å². The quantitative estimate of drug-likeness (QED) is 0.0405. The molecule has 5 aromatic rings. The number of carbonyl (C=O) groups is 3. The van der Waals surface area contributed by atoms with Crippen LogP contribution < -0.4 is 37.1 Å². The molecule has 62 heavy (non-hydrogen) atoms. The number of rotatable bonds is 17. The number of ether oxygens (including phenoxy) is 2. The molecule has 0 saturated heterocycles. The number of methoxy groups -OCH3 is 1. The zero-order valence-electron chi connectivity index (χ0n) is 36.0. The molecule has 3 atom stereocenters. The minimum Gasteiger partial charge on any atom is -0.497 e. The molecule has 6 rings (SSSR count). The SMILES string of the molecule is COc1ccc(C(SCCNC(=O)CC[C@H](NC(=O)c2ccc(N(C)Cc3cnc4c(n3)C(N)N=C(N)N4)cc2)C(=O)OC(C)(C)C)(c2ccccc2)c2ccc(C)cc2)cc1. The normalized spacial score (nSPS) is 14.8. The molecule has 7 N–H and O–H groups in total. The summed E-state index contributed by atoms with van der Waals surface area (Å²) in [5.41, 5.74) is 17.8. The molecule has 2 amide bonds. The average Bonchev–Trinajstić information content (AvgIpc) is 3.25. The van der Waals surface area contributed by atoms with Gasteiger partial charge in [0.05, 0.1) is 30.3 Å². The Morgan fingerprint density at radius 1 is 0.919 bits per heavy atom. The number of aryl methyl sites for hydroxylation is 1. The lowest BCUT2D eigenvalue weighted by molar-refractivity contribution is -0.157. The summed E-state index contributed by atoms with van der Waals surface area (Å²) >= 11 is 1.73. The summed E-state index contributed by atoms with van der Waals surface area (Å²) in [6.07, 6.45) is 0.957. The highest BCUT2D eigenvalue weighted by Crippen LogP contribution is 2.48. The maximum Gasteiger partial charge on any atom is 0.329 e. The number of carbonyl (C=O) groups excluding carboxylic acids is 3. The first-order chi connectivity index (χ1) is 29.6. The van der Waals surface area contributed by atoms with Crippen molar-refractivity contribution in [2.24, 2.45) is 16.5 Å². The van der Waals surface area contributed by atoms with E-state index in [1.807, 2.05) is 42.3 Å². The summed E-state index contributed by atoms with van der Waals surface area (Å²) < 4.78 is 10.6. The first-order valence-corrected chi connectivity index (χ1v) is 21.4. The van der Waals surface area contributed by atoms with Gasteiger partial charge in [-0.25, -0.2) is 19.8 Å². The Kier molecular flexibility index (Phi) is 14.5. The van der Waals surface area contributed by atoms with E-state index < -0.39 is 34.4 Å². The lowest BCUT2D eigenvalue weighted by atomic mass is 9.83. The van der Waals surface area contributed by atoms with Crippen LogP contribution in [-0.2, 0) is 25.6 Å². The average molecular weight is 858 g/mol. The van der Waals surface area contributed by atoms with Crippen molar-refractivity contribution in [1.82, 2.24) is 20.6 Å². The summed E-state index contributed by atoms with van der Waals surface area (Å²) in [7, 11) is 3.54. The fourth-order valence-electron chi connectivity index (χ4n) is 7.05. The smallest absolute Gasteiger partial charge is 0.329 e. The highest BCUT2D eigenvalue weighted by atomic mass is 32.2. The van der Waals surface area contributed by atoms with Gasteiger partial charge in [0.2, 0.25) is 5.91 Å². The topological polar surface area (TPSA) is 199 Å². The molecule has 0 bridgehead atoms. The second kappa shape index (κ2) is 19.9. The minimum atomic E-state index is -1.06. The number of esters is 1. The van der Waals surface area contributed by atoms with Gasteiger partial charge in [-0.05, 0) is 87.2 Å². The Labute approximate surface area is 367 Å². The molecular weight excluding hydrogens is 803 g/mol. The van der Waals surface area contributed by atoms with Crippen LogP contribution in [0.15, 0.2) is 114 Å². The molecule has 0 spiro atoms. The van der Waals surface area contributed by atoms with Gasteiger partial charge in [-0.1, -0.05) is 72.3 Å². The number of fused-ring (bicyclic) bond motifs is 1. The Hall–Kier alpha value is -6.45. The standard InChI is InChI=1S/C47H55N9O5S/c1-30-12-16-33(17-13-30)47(32-10-8-7-9-11-32,34-18-22-37(60-6)23-19-34)62-27-26-50-39(57)25-24-38(44(59)61-46(2,3)4)53-43(58)31-14-20-36(21-15-31)56(5)29-35-28-51-42-40(52-35)41(48)54-45(49)55-42/h7-23,28,38,41H,24-27,29,48H2,1-6H3,(H,50,57)(H,53,58)(H3,49,51,54,55)/t38-,41?,47?/m0/s1. The molecule has 324 valence electrons. The zero-order valence-corrected chi connectivity index (χ0v) is 36.8. The predicted molar refractivity (Wildman–Crippen MR) is 245 cm³/mol. The lowest BCUT2D eigenvalue weighted by Gasteiger charge is -2.35. The second-order valence-corrected chi connectivity index (χ2v) is 17.3. The van der Waals surface area contributed by atoms with Crippen molar-refractivity contribution in [2.45, 2.75) is 69.6 Å². The van der Waals surface area contributed by atoms with Gasteiger partial charge in [-0.2, -0.15) is 0 Å². The van der Waals surface area contributed by atoms with Crippen molar-refractivity contribution >= 4 is 47.0 Å². The van der Waals surface area contributed by atoms with Crippen molar-refractivity contribution < 1.29 is 23.9 Å². The van der Waals surface area contributed by atoms with Gasteiger partial charge < -0.3 is 41.8 Å². The van der Waals surface area contributed by atoms with Crippen molar-refractivity contribution in [1.29, 1.82) is 0 Å². The van der Waals surface area contributed by atoms with Crippen molar-refractivity contribution in [3.63, 3.8) is 0 Å². The fraction of sp³-hybridized carbons (Fsp3) is 0.319. The number of hydrogen-bond donors (Lipinski definition) is 5. The van der Waals surface area contributed by atoms with Gasteiger partial charge in [0, 0.05) is 37.0 Å². The van der Waals surface area contributed by atoms with Crippen LogP contribution in [0.3, 0.4) is 0 Å². The van der Waals surface area contributed by atoms with E-state index in [0.717, 1.165) is 33.7 Å². The number of anilines is 2. The molecule has 1 aliphatic rings. The van der Waals surface area contributed by atoms with E-state index in [1.165, 1.54) is 0 Å². The van der Waals surface area contributed by atoms with E-state index in [4.69, 9.17) is 20.9 Å². The molecule has 0 saturated carbocycles. The lowest BCUT2D eigenvalue weighted by Crippen LogP contribution is -2.45. The summed E-state index contributed by atoms with van der Waals surface area (Å²) in [5, 5.41) is 8.72. The van der Waals surface area contributed by atoms with Gasteiger partial charge >= 0.3 is 5.97 Å². The Morgan fingerprint density at radius 3 is 2.21 bits per heavy atom. The number of benzene rings is 4. The molecule has 4 aromatic carbocycles. The number of nitrogens with one attached hydrogen (secondary N) is 3. The first-order valence-electron chi connectivity index (χ1n) is 20.4. The third-order valence-electron chi connectivity index (χ3n) is 10.2. The van der Waals surface area contributed by atoms with E-state index in [9.17, 15) is 14.4 Å². The molecule has 15 heteroatoms. The number of thioether (sulfide) groups is 1. The monoisotopic (exact) mass is 857 g/mol. The van der Waals surface area contributed by atoms with Gasteiger partial charge in [-0.15, -0.1) is 11.8 Å². The third kappa shape index (κ3) is 11.3. The fourth-order valence-corrected chi connectivity index (χ4v) is 8.46. The van der Waals surface area contributed by atoms with E-state index in [2.05, 4.69) is 86.4 Å². The molecule has 2 unspecified atom stereocenters. The van der Waals surface area contributed by atoms with E-state index in [0.29, 0.717) is 41.6 Å². The molecule has 0 fully saturated rings. The van der Waals surface area contributed by atoms with Gasteiger partial charge in [0.15, 0.2) is 11.8 Å². The zero-order chi connectivity index (χ0) is 44.4. The van der Waals surface area contributed by atoms with Crippen molar-refractivity contribution in [2.75, 3.05) is 36.7 Å². The Bertz CT molecular complexity index is 2360. The van der Waals surface area contributed by atoms with Crippen LogP contribution in [0, 0.1) is 6.92 Å². The highest BCUT2D eigenvalue weighted by Gasteiger charge is 2.37. The summed E-state index contributed by atoms with van der Waals surface area (Å²) in [4.78, 5) is 55.4. The number of nitrogens with two attached hydrogens (primary N) is 2. The Balaban J connectivity index is 1.08. The maximum absolute atomic E-state index is 13.5. The van der Waals surface area contributed by atoms with Gasteiger partial charge in [-0.3, -0.25) is 9.59 Å². The van der Waals surface area contributed by atoms with Crippen molar-refractivity contribution in [3.05, 3.63) is 149 Å². The van der Waals surface area contributed by atoms with Crippen LogP contribution in [0.25, 0.3) is 0 Å². The van der Waals surface area contributed by atoms with Crippen LogP contribution >= 0.6 is 11.8 Å². The van der Waals surface area contributed by atoms with Gasteiger partial charge in [0.25, 0.3) is 5.91 Å². The second-order valence-electron chi connectivity index (χ2n) is 16.0. The minimum absolute atomic E-state index is 0.00878. The van der Waals surface area contributed by atoms with Crippen LogP contribution in [0.2, 0.25) is 0 Å². The number of nitrogens with zero attached hydrogens (tertiary/aromatic N) is 4. The summed E-state index contributed by atoms with van der Waals surface area (Å²) in [6.45, 7) is 8.12.